The van der Waals surface area contributed by atoms with Crippen molar-refractivity contribution in [1.29, 1.82) is 0 Å². The third-order valence-electron chi connectivity index (χ3n) is 13.2. The normalized spacial score (nSPS) is 10.9. The summed E-state index contributed by atoms with van der Waals surface area (Å²) in [6.07, 6.45) is 4.77. The Balaban J connectivity index is 0.000000427. The van der Waals surface area contributed by atoms with Crippen LogP contribution in [0, 0.1) is 64.7 Å². The maximum atomic E-state index is 15.7. The Kier molecular flexibility index (Phi) is 16.4. The fraction of sp³-hybridized carbons (Fsp3) is 0. The molecule has 0 bridgehead atoms. The Morgan fingerprint density at radius 2 is 0.802 bits per heavy atom. The van der Waals surface area contributed by atoms with Crippen molar-refractivity contribution in [3.05, 3.63) is 296 Å². The van der Waals surface area contributed by atoms with Gasteiger partial charge in [-0.3, -0.25) is 22.0 Å². The first-order valence-corrected chi connectivity index (χ1v) is 24.9. The molecule has 0 spiro atoms. The molecule has 12 rings (SSSR count). The van der Waals surface area contributed by atoms with Crippen molar-refractivity contribution in [2.75, 3.05) is 0 Å². The predicted octanol–water partition coefficient (Wildman–Crippen LogP) is 18.7. The third-order valence-corrected chi connectivity index (χ3v) is 13.2. The molecule has 9 aromatic carbocycles. The zero-order chi connectivity index (χ0) is 55.3. The van der Waals surface area contributed by atoms with Gasteiger partial charge in [0, 0.05) is 53.2 Å². The smallest absolute Gasteiger partial charge is 0.305 e. The molecule has 3 nitrogen and oxygen atoms in total. The number of hydrogen-bond acceptors (Lipinski definition) is 3. The van der Waals surface area contributed by atoms with Gasteiger partial charge in [0.2, 0.25) is 0 Å². The van der Waals surface area contributed by atoms with Crippen LogP contribution in [0.5, 0.6) is 0 Å². The van der Waals surface area contributed by atoms with Gasteiger partial charge in [-0.25, -0.2) is 13.2 Å². The van der Waals surface area contributed by atoms with E-state index in [1.54, 1.807) is 73.1 Å². The van der Waals surface area contributed by atoms with E-state index < -0.39 is 46.5 Å². The molecular weight excluding hydrogens is 1210 g/mol. The fourth-order valence-electron chi connectivity index (χ4n) is 9.36. The largest absolute Gasteiger partial charge is 3.00 e. The topological polar surface area (TPSA) is 38.7 Å². The molecule has 0 aliphatic rings. The second-order valence-corrected chi connectivity index (χ2v) is 18.4. The van der Waals surface area contributed by atoms with Gasteiger partial charge in [0.1, 0.15) is 17.5 Å². The quantitative estimate of drug-likeness (QED) is 0.101. The first-order chi connectivity index (χ1) is 38.9. The Morgan fingerprint density at radius 1 is 0.272 bits per heavy atom. The van der Waals surface area contributed by atoms with Gasteiger partial charge in [-0.1, -0.05) is 132 Å². The van der Waals surface area contributed by atoms with Crippen LogP contribution in [0.3, 0.4) is 0 Å². The Hall–Kier alpha value is -9.48. The number of pyridine rings is 3. The maximum absolute atomic E-state index is 15.7. The number of halogens is 8. The van der Waals surface area contributed by atoms with E-state index in [-0.39, 0.29) is 36.9 Å². The zero-order valence-electron chi connectivity index (χ0n) is 42.1. The summed E-state index contributed by atoms with van der Waals surface area (Å²) >= 11 is 0. The van der Waals surface area contributed by atoms with Crippen LogP contribution in [0.4, 0.5) is 35.1 Å². The van der Waals surface area contributed by atoms with Crippen LogP contribution in [0.25, 0.3) is 112 Å². The second-order valence-electron chi connectivity index (χ2n) is 18.4. The summed E-state index contributed by atoms with van der Waals surface area (Å²) in [5.41, 5.74) is 11.1. The van der Waals surface area contributed by atoms with Crippen LogP contribution < -0.4 is 0 Å². The van der Waals surface area contributed by atoms with E-state index in [4.69, 9.17) is 4.98 Å². The molecule has 0 saturated heterocycles. The van der Waals surface area contributed by atoms with E-state index in [0.29, 0.717) is 72.6 Å². The molecule has 12 aromatic rings. The molecule has 12 heteroatoms. The second kappa shape index (κ2) is 24.3. The molecule has 0 radical (unpaired) electrons. The molecule has 0 fully saturated rings. The molecule has 0 aliphatic carbocycles. The SMILES string of the molecule is Fc1c[c-]c(-c2cc(-c3ccc(-c4ccccc4)cc3)c(-c3ccc(F)cc3-c3cc(-c4cccc(F)c4)cc(-c4cc(F)ccc4-c4ccc(-c5[c-]cc(F)cc5F)nc4)c3)cn2)cc1.Fc1c[c-]c(-c2ccccn2)c(F)c1.[Ir+3]. The van der Waals surface area contributed by atoms with Crippen LogP contribution in [-0.4, -0.2) is 15.0 Å². The van der Waals surface area contributed by atoms with Crippen molar-refractivity contribution in [2.45, 2.75) is 0 Å². The van der Waals surface area contributed by atoms with Crippen molar-refractivity contribution in [3.8, 4) is 112 Å². The van der Waals surface area contributed by atoms with E-state index in [0.717, 1.165) is 46.5 Å². The summed E-state index contributed by atoms with van der Waals surface area (Å²) in [6.45, 7) is 0. The standard InChI is InChI=1S/C58H32F6N2.C11H6F2N.Ir/c59-44-16-13-38(14-17-44)58-32-54(37-11-9-36(10-12-37)35-5-2-1-3-6-35)55(34-66-58)50-22-19-47(62)30-53(50)43-26-41(39-7-4-8-45(60)28-39)25-42(27-43)52-29-46(61)18-21-49(52)40-15-24-57(65-33-40)51-23-20-48(63)31-56(51)64;12-8-4-5-9(10(13)7-8)11-3-1-2-6-14-11;/h1-13,15-22,24-34H;1-4,6-7H;/q-2;-1;+3. The van der Waals surface area contributed by atoms with Gasteiger partial charge in [-0.05, 0) is 150 Å². The average Bonchev–Trinajstić information content (AvgIpc) is 3.50. The van der Waals surface area contributed by atoms with Gasteiger partial charge < -0.3 is 15.0 Å². The summed E-state index contributed by atoms with van der Waals surface area (Å²) in [6, 6.07) is 64.6. The first kappa shape index (κ1) is 54.9. The summed E-state index contributed by atoms with van der Waals surface area (Å²) < 4.78 is 114. The van der Waals surface area contributed by atoms with Gasteiger partial charge in [0.25, 0.3) is 0 Å². The Bertz CT molecular complexity index is 4200. The van der Waals surface area contributed by atoms with Crippen LogP contribution in [0.2, 0.25) is 0 Å². The minimum atomic E-state index is -0.817. The van der Waals surface area contributed by atoms with Crippen LogP contribution in [0.15, 0.2) is 231 Å². The monoisotopic (exact) mass is 1250 g/mol. The van der Waals surface area contributed by atoms with Gasteiger partial charge in [0.15, 0.2) is 0 Å². The molecule has 0 N–H and O–H groups in total. The number of rotatable bonds is 10. The van der Waals surface area contributed by atoms with E-state index in [1.807, 2.05) is 78.9 Å². The molecule has 394 valence electrons. The molecule has 3 heterocycles. The van der Waals surface area contributed by atoms with Crippen LogP contribution >= 0.6 is 0 Å². The molecule has 0 unspecified atom stereocenters. The van der Waals surface area contributed by atoms with Crippen molar-refractivity contribution in [2.24, 2.45) is 0 Å². The minimum absolute atomic E-state index is 0. The summed E-state index contributed by atoms with van der Waals surface area (Å²) in [7, 11) is 0. The average molecular weight is 1250 g/mol. The van der Waals surface area contributed by atoms with E-state index in [1.165, 1.54) is 54.7 Å². The third kappa shape index (κ3) is 12.4. The molecular formula is C69H38F8IrN3. The fourth-order valence-corrected chi connectivity index (χ4v) is 9.36. The van der Waals surface area contributed by atoms with Gasteiger partial charge in [-0.15, -0.1) is 54.1 Å². The van der Waals surface area contributed by atoms with Crippen LogP contribution in [-0.2, 0) is 20.1 Å². The number of nitrogens with zero attached hydrogens (tertiary/aromatic N) is 3. The Labute approximate surface area is 475 Å². The number of hydrogen-bond donors (Lipinski definition) is 0. The number of benzene rings is 9. The number of aromatic nitrogens is 3. The molecule has 81 heavy (non-hydrogen) atoms. The molecule has 0 atom stereocenters. The molecule has 0 aliphatic heterocycles. The summed E-state index contributed by atoms with van der Waals surface area (Å²) in [5.74, 6) is -4.81. The van der Waals surface area contributed by atoms with Crippen molar-refractivity contribution in [3.63, 3.8) is 0 Å². The minimum Gasteiger partial charge on any atom is -0.305 e. The van der Waals surface area contributed by atoms with Crippen molar-refractivity contribution < 1.29 is 55.2 Å². The van der Waals surface area contributed by atoms with Crippen molar-refractivity contribution in [1.82, 2.24) is 15.0 Å². The van der Waals surface area contributed by atoms with Crippen LogP contribution in [0.1, 0.15) is 0 Å². The van der Waals surface area contributed by atoms with Gasteiger partial charge in [0.05, 0.1) is 0 Å². The molecule has 0 saturated carbocycles. The van der Waals surface area contributed by atoms with E-state index in [9.17, 15) is 26.3 Å². The predicted molar refractivity (Wildman–Crippen MR) is 297 cm³/mol. The van der Waals surface area contributed by atoms with E-state index >= 15 is 8.78 Å². The maximum Gasteiger partial charge on any atom is 3.00 e. The van der Waals surface area contributed by atoms with Gasteiger partial charge in [-0.2, -0.15) is 0 Å². The molecule has 0 amide bonds. The Morgan fingerprint density at radius 3 is 1.41 bits per heavy atom. The van der Waals surface area contributed by atoms with Gasteiger partial charge >= 0.3 is 20.1 Å². The van der Waals surface area contributed by atoms with Crippen molar-refractivity contribution >= 4 is 0 Å². The summed E-state index contributed by atoms with van der Waals surface area (Å²) in [5, 5.41) is 0. The summed E-state index contributed by atoms with van der Waals surface area (Å²) in [4.78, 5) is 13.2. The zero-order valence-corrected chi connectivity index (χ0v) is 44.5. The molecule has 3 aromatic heterocycles. The van der Waals surface area contributed by atoms with E-state index in [2.05, 4.69) is 28.2 Å². The first-order valence-electron chi connectivity index (χ1n) is 24.9.